The van der Waals surface area contributed by atoms with Crippen molar-refractivity contribution in [2.45, 2.75) is 71.9 Å². The monoisotopic (exact) mass is 285 g/mol. The van der Waals surface area contributed by atoms with Gasteiger partial charge in [0, 0.05) is 12.1 Å². The fourth-order valence-electron chi connectivity index (χ4n) is 2.65. The molecule has 0 aliphatic carbocycles. The largest absolute Gasteiger partial charge is 0.379 e. The predicted octanol–water partition coefficient (Wildman–Crippen LogP) is 3.72. The molecule has 0 bridgehead atoms. The second kappa shape index (κ2) is 7.77. The van der Waals surface area contributed by atoms with Crippen LogP contribution in [0.1, 0.15) is 60.8 Å². The van der Waals surface area contributed by atoms with Gasteiger partial charge in [-0.05, 0) is 79.8 Å². The molecule has 0 aromatic carbocycles. The predicted molar refractivity (Wildman–Crippen MR) is 85.2 cm³/mol. The van der Waals surface area contributed by atoms with Crippen molar-refractivity contribution in [2.75, 3.05) is 32.9 Å². The summed E-state index contributed by atoms with van der Waals surface area (Å²) in [6.07, 6.45) is 3.84. The Balaban J connectivity index is 2.02. The van der Waals surface area contributed by atoms with Crippen LogP contribution in [0, 0.1) is 5.92 Å². The van der Waals surface area contributed by atoms with Crippen molar-refractivity contribution < 1.29 is 9.47 Å². The Morgan fingerprint density at radius 2 is 1.50 bits per heavy atom. The summed E-state index contributed by atoms with van der Waals surface area (Å²) in [7, 11) is 0. The van der Waals surface area contributed by atoms with Crippen molar-refractivity contribution in [1.29, 1.82) is 0 Å². The van der Waals surface area contributed by atoms with E-state index in [0.29, 0.717) is 12.1 Å². The van der Waals surface area contributed by atoms with Crippen LogP contribution in [0.4, 0.5) is 0 Å². The van der Waals surface area contributed by atoms with E-state index in [-0.39, 0.29) is 5.60 Å². The lowest BCUT2D eigenvalue weighted by molar-refractivity contribution is -0.0371. The molecule has 3 heteroatoms. The summed E-state index contributed by atoms with van der Waals surface area (Å²) < 4.78 is 11.3. The molecule has 1 rings (SSSR count). The standard InChI is InChI=1S/C17H35NO2/c1-16(2,3)18-10-7-15(8-11-18)9-12-19-13-14-20-17(4,5)6/h15H,7-14H2,1-6H3. The smallest absolute Gasteiger partial charge is 0.0707 e. The minimum absolute atomic E-state index is 0.0524. The van der Waals surface area contributed by atoms with Crippen molar-refractivity contribution in [3.8, 4) is 0 Å². The zero-order valence-corrected chi connectivity index (χ0v) is 14.5. The maximum absolute atomic E-state index is 5.69. The summed E-state index contributed by atoms with van der Waals surface area (Å²) in [6.45, 7) is 17.9. The van der Waals surface area contributed by atoms with E-state index in [2.05, 4.69) is 46.4 Å². The van der Waals surface area contributed by atoms with Crippen LogP contribution in [-0.4, -0.2) is 49.0 Å². The van der Waals surface area contributed by atoms with E-state index in [1.807, 2.05) is 0 Å². The first-order chi connectivity index (χ1) is 9.18. The highest BCUT2D eigenvalue weighted by molar-refractivity contribution is 4.81. The highest BCUT2D eigenvalue weighted by Gasteiger charge is 2.26. The first-order valence-corrected chi connectivity index (χ1v) is 8.15. The number of nitrogens with zero attached hydrogens (tertiary/aromatic N) is 1. The van der Waals surface area contributed by atoms with Crippen LogP contribution in [-0.2, 0) is 9.47 Å². The molecule has 120 valence electrons. The maximum Gasteiger partial charge on any atom is 0.0707 e. The van der Waals surface area contributed by atoms with Gasteiger partial charge in [0.25, 0.3) is 0 Å². The summed E-state index contributed by atoms with van der Waals surface area (Å²) in [5.74, 6) is 0.845. The van der Waals surface area contributed by atoms with Crippen LogP contribution in [0.3, 0.4) is 0 Å². The molecule has 1 aliphatic heterocycles. The molecule has 3 nitrogen and oxygen atoms in total. The van der Waals surface area contributed by atoms with E-state index < -0.39 is 0 Å². The molecule has 1 fully saturated rings. The van der Waals surface area contributed by atoms with Gasteiger partial charge in [0.15, 0.2) is 0 Å². The van der Waals surface area contributed by atoms with E-state index in [1.54, 1.807) is 0 Å². The van der Waals surface area contributed by atoms with Crippen LogP contribution in [0.15, 0.2) is 0 Å². The van der Waals surface area contributed by atoms with Gasteiger partial charge in [0.05, 0.1) is 18.8 Å². The molecule has 1 saturated heterocycles. The molecule has 20 heavy (non-hydrogen) atoms. The molecular weight excluding hydrogens is 250 g/mol. The van der Waals surface area contributed by atoms with E-state index >= 15 is 0 Å². The SMILES string of the molecule is CC(C)(C)OCCOCCC1CCN(C(C)(C)C)CC1. The Bertz CT molecular complexity index is 257. The Kier molecular flexibility index (Phi) is 6.96. The van der Waals surface area contributed by atoms with Crippen molar-refractivity contribution >= 4 is 0 Å². The van der Waals surface area contributed by atoms with Gasteiger partial charge in [-0.3, -0.25) is 4.90 Å². The van der Waals surface area contributed by atoms with Gasteiger partial charge in [-0.1, -0.05) is 0 Å². The number of likely N-dealkylation sites (tertiary alicyclic amines) is 1. The molecule has 0 aromatic rings. The van der Waals surface area contributed by atoms with Crippen LogP contribution in [0.25, 0.3) is 0 Å². The number of rotatable bonds is 6. The zero-order valence-electron chi connectivity index (χ0n) is 14.5. The highest BCUT2D eigenvalue weighted by atomic mass is 16.5. The van der Waals surface area contributed by atoms with Crippen molar-refractivity contribution in [1.82, 2.24) is 4.90 Å². The number of piperidine rings is 1. The first-order valence-electron chi connectivity index (χ1n) is 8.15. The number of hydrogen-bond donors (Lipinski definition) is 0. The van der Waals surface area contributed by atoms with Crippen LogP contribution >= 0.6 is 0 Å². The van der Waals surface area contributed by atoms with E-state index in [9.17, 15) is 0 Å². The summed E-state index contributed by atoms with van der Waals surface area (Å²) in [5.41, 5.74) is 0.273. The molecule has 0 amide bonds. The summed E-state index contributed by atoms with van der Waals surface area (Å²) in [6, 6.07) is 0. The number of ether oxygens (including phenoxy) is 2. The molecule has 0 radical (unpaired) electrons. The van der Waals surface area contributed by atoms with Crippen molar-refractivity contribution in [2.24, 2.45) is 5.92 Å². The lowest BCUT2D eigenvalue weighted by atomic mass is 9.91. The lowest BCUT2D eigenvalue weighted by Gasteiger charge is -2.40. The molecule has 0 spiro atoms. The van der Waals surface area contributed by atoms with Gasteiger partial charge in [-0.15, -0.1) is 0 Å². The van der Waals surface area contributed by atoms with Gasteiger partial charge >= 0.3 is 0 Å². The molecular formula is C17H35NO2. The second-order valence-electron chi connectivity index (χ2n) is 7.96. The molecule has 0 aromatic heterocycles. The fourth-order valence-corrected chi connectivity index (χ4v) is 2.65. The summed E-state index contributed by atoms with van der Waals surface area (Å²) >= 11 is 0. The van der Waals surface area contributed by atoms with Crippen LogP contribution in [0.2, 0.25) is 0 Å². The Labute approximate surface area is 126 Å². The van der Waals surface area contributed by atoms with E-state index in [4.69, 9.17) is 9.47 Å². The molecule has 0 atom stereocenters. The van der Waals surface area contributed by atoms with Gasteiger partial charge in [0.1, 0.15) is 0 Å². The van der Waals surface area contributed by atoms with Gasteiger partial charge in [-0.25, -0.2) is 0 Å². The highest BCUT2D eigenvalue weighted by Crippen LogP contribution is 2.25. The average molecular weight is 285 g/mol. The Hall–Kier alpha value is -0.120. The van der Waals surface area contributed by atoms with E-state index in [1.165, 1.54) is 32.4 Å². The average Bonchev–Trinajstić information content (AvgIpc) is 2.32. The van der Waals surface area contributed by atoms with Crippen LogP contribution in [0.5, 0.6) is 0 Å². The third kappa shape index (κ3) is 7.61. The topological polar surface area (TPSA) is 21.7 Å². The Morgan fingerprint density at radius 3 is 2.00 bits per heavy atom. The third-order valence-electron chi connectivity index (χ3n) is 4.00. The third-order valence-corrected chi connectivity index (χ3v) is 4.00. The number of hydrogen-bond acceptors (Lipinski definition) is 3. The summed E-state index contributed by atoms with van der Waals surface area (Å²) in [4.78, 5) is 2.60. The molecule has 1 aliphatic rings. The first kappa shape index (κ1) is 17.9. The molecule has 0 unspecified atom stereocenters. The molecule has 1 heterocycles. The second-order valence-corrected chi connectivity index (χ2v) is 7.96. The van der Waals surface area contributed by atoms with Gasteiger partial charge in [-0.2, -0.15) is 0 Å². The fraction of sp³-hybridized carbons (Fsp3) is 1.00. The maximum atomic E-state index is 5.69. The Morgan fingerprint density at radius 1 is 0.900 bits per heavy atom. The van der Waals surface area contributed by atoms with Crippen molar-refractivity contribution in [3.05, 3.63) is 0 Å². The minimum atomic E-state index is -0.0524. The minimum Gasteiger partial charge on any atom is -0.379 e. The van der Waals surface area contributed by atoms with Gasteiger partial charge < -0.3 is 9.47 Å². The van der Waals surface area contributed by atoms with Gasteiger partial charge in [0.2, 0.25) is 0 Å². The lowest BCUT2D eigenvalue weighted by Crippen LogP contribution is -2.46. The molecule has 0 N–H and O–H groups in total. The quantitative estimate of drug-likeness (QED) is 0.694. The summed E-state index contributed by atoms with van der Waals surface area (Å²) in [5, 5.41) is 0. The van der Waals surface area contributed by atoms with Crippen LogP contribution < -0.4 is 0 Å². The van der Waals surface area contributed by atoms with Crippen molar-refractivity contribution in [3.63, 3.8) is 0 Å². The molecule has 0 saturated carbocycles. The zero-order chi connectivity index (χ0) is 15.2. The normalized spacial score (nSPS) is 19.5. The van der Waals surface area contributed by atoms with E-state index in [0.717, 1.165) is 19.1 Å².